The Kier molecular flexibility index (Phi) is 4.40. The van der Waals surface area contributed by atoms with Gasteiger partial charge in [-0.2, -0.15) is 0 Å². The van der Waals surface area contributed by atoms with Crippen molar-refractivity contribution in [2.24, 2.45) is 0 Å². The number of aromatic carboxylic acids is 1. The van der Waals surface area contributed by atoms with Gasteiger partial charge in [0.25, 0.3) is 5.91 Å². The van der Waals surface area contributed by atoms with Gasteiger partial charge in [0, 0.05) is 5.69 Å². The van der Waals surface area contributed by atoms with Crippen LogP contribution in [-0.4, -0.2) is 28.7 Å². The minimum atomic E-state index is -1.03. The van der Waals surface area contributed by atoms with Gasteiger partial charge in [0.2, 0.25) is 0 Å². The summed E-state index contributed by atoms with van der Waals surface area (Å²) in [4.78, 5) is 22.4. The molecule has 6 heteroatoms. The second-order valence-corrected chi connectivity index (χ2v) is 4.19. The van der Waals surface area contributed by atoms with Crippen LogP contribution < -0.4 is 10.1 Å². The van der Waals surface area contributed by atoms with Crippen LogP contribution in [0.4, 0.5) is 5.69 Å². The first-order valence-corrected chi connectivity index (χ1v) is 6.10. The molecule has 108 valence electrons. The van der Waals surface area contributed by atoms with E-state index in [0.29, 0.717) is 5.69 Å². The summed E-state index contributed by atoms with van der Waals surface area (Å²) in [5.41, 5.74) is 0.601. The number of anilines is 1. The molecule has 0 radical (unpaired) electrons. The van der Waals surface area contributed by atoms with Gasteiger partial charge in [-0.3, -0.25) is 4.79 Å². The van der Waals surface area contributed by atoms with Crippen molar-refractivity contribution in [2.75, 3.05) is 11.9 Å². The molecule has 0 bridgehead atoms. The summed E-state index contributed by atoms with van der Waals surface area (Å²) in [7, 11) is 0. The van der Waals surface area contributed by atoms with E-state index < -0.39 is 11.9 Å². The Hall–Kier alpha value is -3.02. The molecule has 0 saturated carbocycles. The summed E-state index contributed by atoms with van der Waals surface area (Å²) in [6.45, 7) is -0.266. The molecule has 3 N–H and O–H groups in total. The van der Waals surface area contributed by atoms with Gasteiger partial charge in [0.05, 0.1) is 5.56 Å². The molecule has 0 saturated heterocycles. The lowest BCUT2D eigenvalue weighted by molar-refractivity contribution is -0.118. The van der Waals surface area contributed by atoms with E-state index in [1.54, 1.807) is 18.2 Å². The normalized spacial score (nSPS) is 9.90. The Morgan fingerprint density at radius 2 is 1.71 bits per heavy atom. The number of nitrogens with one attached hydrogen (secondary N) is 1. The van der Waals surface area contributed by atoms with Crippen molar-refractivity contribution in [2.45, 2.75) is 0 Å². The number of hydrogen-bond donors (Lipinski definition) is 3. The molecule has 0 spiro atoms. The number of rotatable bonds is 5. The van der Waals surface area contributed by atoms with Crippen LogP contribution in [-0.2, 0) is 4.79 Å². The zero-order valence-corrected chi connectivity index (χ0v) is 10.9. The number of hydrogen-bond acceptors (Lipinski definition) is 4. The zero-order valence-electron chi connectivity index (χ0n) is 10.9. The molecule has 0 unspecified atom stereocenters. The van der Waals surface area contributed by atoms with Crippen molar-refractivity contribution in [1.82, 2.24) is 0 Å². The lowest BCUT2D eigenvalue weighted by atomic mass is 10.2. The van der Waals surface area contributed by atoms with E-state index in [1.165, 1.54) is 30.3 Å². The maximum absolute atomic E-state index is 11.7. The van der Waals surface area contributed by atoms with Crippen molar-refractivity contribution in [3.05, 3.63) is 54.1 Å². The van der Waals surface area contributed by atoms with E-state index in [0.717, 1.165) is 0 Å². The highest BCUT2D eigenvalue weighted by molar-refractivity contribution is 5.93. The van der Waals surface area contributed by atoms with Gasteiger partial charge in [-0.25, -0.2) is 4.79 Å². The number of para-hydroxylation sites is 2. The highest BCUT2D eigenvalue weighted by Crippen LogP contribution is 2.24. The van der Waals surface area contributed by atoms with Crippen molar-refractivity contribution in [3.63, 3.8) is 0 Å². The number of phenols is 1. The van der Waals surface area contributed by atoms with E-state index in [1.807, 2.05) is 0 Å². The maximum Gasteiger partial charge on any atom is 0.335 e. The molecule has 2 aromatic rings. The Morgan fingerprint density at radius 3 is 2.33 bits per heavy atom. The molecule has 0 heterocycles. The topological polar surface area (TPSA) is 95.9 Å². The summed E-state index contributed by atoms with van der Waals surface area (Å²) in [5.74, 6) is -1.28. The lowest BCUT2D eigenvalue weighted by Crippen LogP contribution is -2.20. The molecule has 0 aliphatic heterocycles. The van der Waals surface area contributed by atoms with Crippen molar-refractivity contribution in [1.29, 1.82) is 0 Å². The van der Waals surface area contributed by atoms with Crippen molar-refractivity contribution >= 4 is 17.6 Å². The highest BCUT2D eigenvalue weighted by atomic mass is 16.5. The Morgan fingerprint density at radius 1 is 1.05 bits per heavy atom. The molecule has 1 amide bonds. The zero-order chi connectivity index (χ0) is 15.2. The smallest absolute Gasteiger partial charge is 0.335 e. The van der Waals surface area contributed by atoms with Crippen LogP contribution in [0.3, 0.4) is 0 Å². The number of carboxylic acid groups (broad SMARTS) is 1. The summed E-state index contributed by atoms with van der Waals surface area (Å²) in [6.07, 6.45) is 0. The fraction of sp³-hybridized carbons (Fsp3) is 0.0667. The van der Waals surface area contributed by atoms with E-state index in [4.69, 9.17) is 9.84 Å². The van der Waals surface area contributed by atoms with Crippen LogP contribution in [0.1, 0.15) is 10.4 Å². The van der Waals surface area contributed by atoms with E-state index >= 15 is 0 Å². The summed E-state index contributed by atoms with van der Waals surface area (Å²) in [6, 6.07) is 12.1. The molecule has 0 fully saturated rings. The van der Waals surface area contributed by atoms with Crippen LogP contribution in [0.5, 0.6) is 11.5 Å². The third kappa shape index (κ3) is 3.97. The fourth-order valence-corrected chi connectivity index (χ4v) is 1.62. The Labute approximate surface area is 120 Å². The standard InChI is InChI=1S/C15H13NO5/c17-12-3-1-2-4-13(12)21-9-14(18)16-11-7-5-10(6-8-11)15(19)20/h1-8,17H,9H2,(H,16,18)(H,19,20). The average Bonchev–Trinajstić information content (AvgIpc) is 2.47. The Bertz CT molecular complexity index is 651. The quantitative estimate of drug-likeness (QED) is 0.782. The first kappa shape index (κ1) is 14.4. The van der Waals surface area contributed by atoms with E-state index in [-0.39, 0.29) is 23.7 Å². The van der Waals surface area contributed by atoms with Gasteiger partial charge in [-0.05, 0) is 36.4 Å². The second kappa shape index (κ2) is 6.42. The van der Waals surface area contributed by atoms with Crippen molar-refractivity contribution < 1.29 is 24.5 Å². The summed E-state index contributed by atoms with van der Waals surface area (Å²) >= 11 is 0. The number of carbonyl (C=O) groups excluding carboxylic acids is 1. The third-order valence-corrected chi connectivity index (χ3v) is 2.64. The van der Waals surface area contributed by atoms with Crippen LogP contribution in [0, 0.1) is 0 Å². The van der Waals surface area contributed by atoms with Gasteiger partial charge in [-0.1, -0.05) is 12.1 Å². The molecule has 2 rings (SSSR count). The molecular formula is C15H13NO5. The van der Waals surface area contributed by atoms with Crippen LogP contribution >= 0.6 is 0 Å². The van der Waals surface area contributed by atoms with Gasteiger partial charge in [0.1, 0.15) is 0 Å². The first-order valence-electron chi connectivity index (χ1n) is 6.10. The van der Waals surface area contributed by atoms with Crippen LogP contribution in [0.2, 0.25) is 0 Å². The Balaban J connectivity index is 1.90. The number of aromatic hydroxyl groups is 1. The monoisotopic (exact) mass is 287 g/mol. The number of carboxylic acids is 1. The molecule has 21 heavy (non-hydrogen) atoms. The predicted molar refractivity (Wildman–Crippen MR) is 75.6 cm³/mol. The number of carbonyl (C=O) groups is 2. The molecule has 0 aliphatic carbocycles. The molecule has 6 nitrogen and oxygen atoms in total. The van der Waals surface area contributed by atoms with E-state index in [2.05, 4.69) is 5.32 Å². The van der Waals surface area contributed by atoms with E-state index in [9.17, 15) is 14.7 Å². The van der Waals surface area contributed by atoms with Crippen molar-refractivity contribution in [3.8, 4) is 11.5 Å². The van der Waals surface area contributed by atoms with Crippen LogP contribution in [0.15, 0.2) is 48.5 Å². The predicted octanol–water partition coefficient (Wildman–Crippen LogP) is 2.11. The number of phenolic OH excluding ortho intramolecular Hbond substituents is 1. The number of benzene rings is 2. The van der Waals surface area contributed by atoms with Gasteiger partial charge >= 0.3 is 5.97 Å². The molecule has 0 atom stereocenters. The highest BCUT2D eigenvalue weighted by Gasteiger charge is 2.07. The second-order valence-electron chi connectivity index (χ2n) is 4.19. The minimum Gasteiger partial charge on any atom is -0.504 e. The van der Waals surface area contributed by atoms with Gasteiger partial charge in [0.15, 0.2) is 18.1 Å². The lowest BCUT2D eigenvalue weighted by Gasteiger charge is -2.08. The molecule has 2 aromatic carbocycles. The molecule has 0 aromatic heterocycles. The van der Waals surface area contributed by atoms with Gasteiger partial charge in [-0.15, -0.1) is 0 Å². The SMILES string of the molecule is O=C(COc1ccccc1O)Nc1ccc(C(=O)O)cc1. The fourth-order valence-electron chi connectivity index (χ4n) is 1.62. The summed E-state index contributed by atoms with van der Waals surface area (Å²) in [5, 5.41) is 20.8. The first-order chi connectivity index (χ1) is 10.1. The third-order valence-electron chi connectivity index (χ3n) is 2.64. The number of amides is 1. The van der Waals surface area contributed by atoms with Gasteiger partial charge < -0.3 is 20.3 Å². The largest absolute Gasteiger partial charge is 0.504 e. The molecule has 0 aliphatic rings. The van der Waals surface area contributed by atoms with Crippen LogP contribution in [0.25, 0.3) is 0 Å². The number of ether oxygens (including phenoxy) is 1. The average molecular weight is 287 g/mol. The summed E-state index contributed by atoms with van der Waals surface area (Å²) < 4.78 is 5.18. The molecular weight excluding hydrogens is 274 g/mol. The minimum absolute atomic E-state index is 0.0453. The maximum atomic E-state index is 11.7.